The van der Waals surface area contributed by atoms with Crippen molar-refractivity contribution in [3.8, 4) is 0 Å². The Morgan fingerprint density at radius 3 is 2.45 bits per heavy atom. The van der Waals surface area contributed by atoms with Crippen LogP contribution >= 0.6 is 0 Å². The summed E-state index contributed by atoms with van der Waals surface area (Å²) in [6.07, 6.45) is 5.29. The Morgan fingerprint density at radius 1 is 0.800 bits per heavy atom. The second-order valence-electron chi connectivity index (χ2n) is 5.35. The molecular weight excluding hydrogens is 242 g/mol. The van der Waals surface area contributed by atoms with Crippen molar-refractivity contribution in [1.29, 1.82) is 0 Å². The van der Waals surface area contributed by atoms with Gasteiger partial charge in [0.25, 0.3) is 0 Å². The van der Waals surface area contributed by atoms with E-state index in [2.05, 4.69) is 71.8 Å². The molecule has 0 aliphatic rings. The van der Waals surface area contributed by atoms with Crippen LogP contribution in [0.25, 0.3) is 21.5 Å². The molecule has 3 aromatic rings. The highest BCUT2D eigenvalue weighted by Crippen LogP contribution is 2.27. The Balaban J connectivity index is 2.13. The summed E-state index contributed by atoms with van der Waals surface area (Å²) in [4.78, 5) is 2.07. The van der Waals surface area contributed by atoms with Crippen molar-refractivity contribution in [2.24, 2.45) is 0 Å². The van der Waals surface area contributed by atoms with Crippen LogP contribution in [0.3, 0.4) is 0 Å². The topological polar surface area (TPSA) is 3.24 Å². The summed E-state index contributed by atoms with van der Waals surface area (Å²) in [5.41, 5.74) is 1.38. The molecule has 3 rings (SSSR count). The third-order valence-electron chi connectivity index (χ3n) is 3.62. The molecule has 0 saturated carbocycles. The van der Waals surface area contributed by atoms with Crippen LogP contribution < -0.4 is 0 Å². The van der Waals surface area contributed by atoms with E-state index in [4.69, 9.17) is 0 Å². The standard InChI is InChI=1S/C19H19N/c1-20(2)14-6-9-15-8-5-11-19-17-10-4-3-7-16(17)12-13-18(15)19/h3-8,10-14H,9H2,1-2H3. The highest BCUT2D eigenvalue weighted by atomic mass is 15.0. The van der Waals surface area contributed by atoms with Crippen molar-refractivity contribution in [1.82, 2.24) is 4.90 Å². The van der Waals surface area contributed by atoms with Gasteiger partial charge in [0.05, 0.1) is 0 Å². The highest BCUT2D eigenvalue weighted by Gasteiger charge is 2.03. The molecule has 0 amide bonds. The molecule has 0 aliphatic heterocycles. The van der Waals surface area contributed by atoms with Crippen LogP contribution in [0.15, 0.2) is 66.9 Å². The lowest BCUT2D eigenvalue weighted by molar-refractivity contribution is 0.562. The van der Waals surface area contributed by atoms with E-state index >= 15 is 0 Å². The van der Waals surface area contributed by atoms with E-state index in [0.29, 0.717) is 0 Å². The van der Waals surface area contributed by atoms with Gasteiger partial charge in [0, 0.05) is 14.1 Å². The molecule has 0 spiro atoms. The van der Waals surface area contributed by atoms with Gasteiger partial charge in [0.15, 0.2) is 0 Å². The summed E-state index contributed by atoms with van der Waals surface area (Å²) in [5.74, 6) is 0. The summed E-state index contributed by atoms with van der Waals surface area (Å²) < 4.78 is 0. The van der Waals surface area contributed by atoms with Gasteiger partial charge in [-0.15, -0.1) is 0 Å². The van der Waals surface area contributed by atoms with Crippen LogP contribution in [0.2, 0.25) is 0 Å². The predicted molar refractivity (Wildman–Crippen MR) is 88.0 cm³/mol. The fraction of sp³-hybridized carbons (Fsp3) is 0.158. The van der Waals surface area contributed by atoms with Gasteiger partial charge < -0.3 is 4.90 Å². The van der Waals surface area contributed by atoms with E-state index in [0.717, 1.165) is 6.42 Å². The molecule has 0 bridgehead atoms. The molecule has 0 saturated heterocycles. The van der Waals surface area contributed by atoms with Crippen molar-refractivity contribution >= 4 is 21.5 Å². The zero-order valence-electron chi connectivity index (χ0n) is 12.0. The van der Waals surface area contributed by atoms with E-state index in [1.807, 2.05) is 14.1 Å². The van der Waals surface area contributed by atoms with Gasteiger partial charge >= 0.3 is 0 Å². The van der Waals surface area contributed by atoms with E-state index in [9.17, 15) is 0 Å². The Morgan fingerprint density at radius 2 is 1.60 bits per heavy atom. The van der Waals surface area contributed by atoms with Gasteiger partial charge in [-0.05, 0) is 39.7 Å². The lowest BCUT2D eigenvalue weighted by atomic mass is 9.97. The lowest BCUT2D eigenvalue weighted by Gasteiger charge is -2.08. The third kappa shape index (κ3) is 2.39. The first-order valence-electron chi connectivity index (χ1n) is 6.98. The summed E-state index contributed by atoms with van der Waals surface area (Å²) in [7, 11) is 4.10. The molecule has 0 fully saturated rings. The quantitative estimate of drug-likeness (QED) is 0.622. The van der Waals surface area contributed by atoms with Gasteiger partial charge in [0.1, 0.15) is 0 Å². The fourth-order valence-corrected chi connectivity index (χ4v) is 2.67. The van der Waals surface area contributed by atoms with Gasteiger partial charge in [-0.25, -0.2) is 0 Å². The summed E-state index contributed by atoms with van der Waals surface area (Å²) in [5, 5.41) is 5.35. The number of benzene rings is 3. The number of rotatable bonds is 3. The van der Waals surface area contributed by atoms with Gasteiger partial charge in [-0.2, -0.15) is 0 Å². The number of hydrogen-bond acceptors (Lipinski definition) is 1. The minimum absolute atomic E-state index is 0.966. The Hall–Kier alpha value is -2.28. The van der Waals surface area contributed by atoms with Crippen molar-refractivity contribution in [3.05, 3.63) is 72.4 Å². The third-order valence-corrected chi connectivity index (χ3v) is 3.62. The molecule has 100 valence electrons. The van der Waals surface area contributed by atoms with Crippen LogP contribution in [-0.2, 0) is 6.42 Å². The largest absolute Gasteiger partial charge is 0.384 e. The normalized spacial score (nSPS) is 11.5. The smallest absolute Gasteiger partial charge is 0.00555 e. The van der Waals surface area contributed by atoms with Crippen molar-refractivity contribution in [2.75, 3.05) is 14.1 Å². The summed E-state index contributed by atoms with van der Waals surface area (Å²) in [6, 6.07) is 19.7. The number of hydrogen-bond donors (Lipinski definition) is 0. The molecule has 0 heterocycles. The first-order chi connectivity index (χ1) is 9.75. The fourth-order valence-electron chi connectivity index (χ4n) is 2.67. The molecule has 1 nitrogen and oxygen atoms in total. The second kappa shape index (κ2) is 5.38. The molecule has 0 aromatic heterocycles. The maximum atomic E-state index is 2.25. The molecule has 0 N–H and O–H groups in total. The van der Waals surface area contributed by atoms with E-state index < -0.39 is 0 Å². The molecule has 20 heavy (non-hydrogen) atoms. The van der Waals surface area contributed by atoms with Crippen molar-refractivity contribution in [2.45, 2.75) is 6.42 Å². The first kappa shape index (κ1) is 12.7. The van der Waals surface area contributed by atoms with E-state index in [1.54, 1.807) is 0 Å². The first-order valence-corrected chi connectivity index (χ1v) is 6.98. The Kier molecular flexibility index (Phi) is 3.42. The van der Waals surface area contributed by atoms with Crippen LogP contribution in [0.4, 0.5) is 0 Å². The minimum atomic E-state index is 0.966. The highest BCUT2D eigenvalue weighted by molar-refractivity contribution is 6.08. The lowest BCUT2D eigenvalue weighted by Crippen LogP contribution is -2.00. The molecular formula is C19H19N. The van der Waals surface area contributed by atoms with Crippen LogP contribution in [-0.4, -0.2) is 19.0 Å². The van der Waals surface area contributed by atoms with Crippen LogP contribution in [0.5, 0.6) is 0 Å². The zero-order chi connectivity index (χ0) is 13.9. The van der Waals surface area contributed by atoms with Crippen molar-refractivity contribution < 1.29 is 0 Å². The Labute approximate surface area is 120 Å². The minimum Gasteiger partial charge on any atom is -0.384 e. The number of fused-ring (bicyclic) bond motifs is 3. The maximum Gasteiger partial charge on any atom is 0.00555 e. The van der Waals surface area contributed by atoms with Gasteiger partial charge in [0.2, 0.25) is 0 Å². The predicted octanol–water partition coefficient (Wildman–Crippen LogP) is 4.61. The van der Waals surface area contributed by atoms with E-state index in [1.165, 1.54) is 27.1 Å². The number of allylic oxidation sites excluding steroid dienone is 1. The average molecular weight is 261 g/mol. The summed E-state index contributed by atoms with van der Waals surface area (Å²) in [6.45, 7) is 0. The monoisotopic (exact) mass is 261 g/mol. The average Bonchev–Trinajstić information content (AvgIpc) is 2.47. The van der Waals surface area contributed by atoms with Gasteiger partial charge in [-0.1, -0.05) is 60.7 Å². The van der Waals surface area contributed by atoms with E-state index in [-0.39, 0.29) is 0 Å². The number of nitrogens with zero attached hydrogens (tertiary/aromatic N) is 1. The molecule has 0 unspecified atom stereocenters. The molecule has 0 atom stereocenters. The zero-order valence-corrected chi connectivity index (χ0v) is 12.0. The van der Waals surface area contributed by atoms with Crippen LogP contribution in [0.1, 0.15) is 5.56 Å². The molecule has 0 aliphatic carbocycles. The SMILES string of the molecule is CN(C)C=CCc1cccc2c1ccc1ccccc12. The molecule has 0 radical (unpaired) electrons. The maximum absolute atomic E-state index is 2.25. The molecule has 1 heteroatoms. The van der Waals surface area contributed by atoms with Gasteiger partial charge in [-0.3, -0.25) is 0 Å². The van der Waals surface area contributed by atoms with Crippen LogP contribution in [0, 0.1) is 0 Å². The Bertz CT molecular complexity index is 769. The summed E-state index contributed by atoms with van der Waals surface area (Å²) >= 11 is 0. The van der Waals surface area contributed by atoms with Crippen molar-refractivity contribution in [3.63, 3.8) is 0 Å². The second-order valence-corrected chi connectivity index (χ2v) is 5.35. The molecule has 3 aromatic carbocycles.